The standard InChI is InChI=1S/C25H34N2O2/c1-8-29-24(28)19-9-11-20(12-10-19)26(7)22-16-23-21(15-18(22)4)25(5,6)13-14-27(23)17(2)3/h9-12,15-17H,8,13-14H2,1-7H3. The van der Waals surface area contributed by atoms with E-state index < -0.39 is 0 Å². The molecule has 0 saturated carbocycles. The molecular weight excluding hydrogens is 360 g/mol. The van der Waals surface area contributed by atoms with Gasteiger partial charge in [-0.1, -0.05) is 19.9 Å². The summed E-state index contributed by atoms with van der Waals surface area (Å²) < 4.78 is 5.09. The van der Waals surface area contributed by atoms with Gasteiger partial charge in [0.15, 0.2) is 0 Å². The van der Waals surface area contributed by atoms with Gasteiger partial charge in [-0.15, -0.1) is 0 Å². The molecule has 0 fully saturated rings. The average molecular weight is 395 g/mol. The van der Waals surface area contributed by atoms with E-state index in [0.29, 0.717) is 18.2 Å². The van der Waals surface area contributed by atoms with Crippen molar-refractivity contribution in [2.75, 3.05) is 30.0 Å². The lowest BCUT2D eigenvalue weighted by atomic mass is 9.76. The molecule has 0 unspecified atom stereocenters. The minimum atomic E-state index is -0.276. The molecule has 156 valence electrons. The summed E-state index contributed by atoms with van der Waals surface area (Å²) in [6.45, 7) is 14.7. The van der Waals surface area contributed by atoms with E-state index in [9.17, 15) is 4.79 Å². The van der Waals surface area contributed by atoms with Gasteiger partial charge in [-0.25, -0.2) is 4.79 Å². The molecule has 4 nitrogen and oxygen atoms in total. The lowest BCUT2D eigenvalue weighted by molar-refractivity contribution is 0.0526. The molecule has 0 aliphatic carbocycles. The molecule has 4 heteroatoms. The Bertz CT molecular complexity index is 884. The average Bonchev–Trinajstić information content (AvgIpc) is 2.67. The van der Waals surface area contributed by atoms with Crippen LogP contribution in [0.3, 0.4) is 0 Å². The number of hydrogen-bond donors (Lipinski definition) is 0. The van der Waals surface area contributed by atoms with Crippen molar-refractivity contribution < 1.29 is 9.53 Å². The highest BCUT2D eigenvalue weighted by atomic mass is 16.5. The van der Waals surface area contributed by atoms with Crippen molar-refractivity contribution in [2.24, 2.45) is 0 Å². The summed E-state index contributed by atoms with van der Waals surface area (Å²) in [7, 11) is 2.09. The SMILES string of the molecule is CCOC(=O)c1ccc(N(C)c2cc3c(cc2C)C(C)(C)CCN3C(C)C)cc1. The molecule has 0 radical (unpaired) electrons. The highest BCUT2D eigenvalue weighted by Gasteiger charge is 2.33. The van der Waals surface area contributed by atoms with Crippen LogP contribution in [0, 0.1) is 6.92 Å². The van der Waals surface area contributed by atoms with E-state index in [1.807, 2.05) is 31.2 Å². The van der Waals surface area contributed by atoms with E-state index in [1.165, 1.54) is 28.9 Å². The van der Waals surface area contributed by atoms with Gasteiger partial charge in [0.05, 0.1) is 12.2 Å². The Morgan fingerprint density at radius 1 is 1.21 bits per heavy atom. The van der Waals surface area contributed by atoms with Crippen LogP contribution in [-0.2, 0) is 10.2 Å². The van der Waals surface area contributed by atoms with Crippen molar-refractivity contribution in [3.8, 4) is 0 Å². The summed E-state index contributed by atoms with van der Waals surface area (Å²) >= 11 is 0. The Morgan fingerprint density at radius 3 is 2.45 bits per heavy atom. The molecule has 1 aliphatic heterocycles. The Kier molecular flexibility index (Phi) is 5.92. The van der Waals surface area contributed by atoms with Crippen LogP contribution < -0.4 is 9.80 Å². The van der Waals surface area contributed by atoms with E-state index >= 15 is 0 Å². The van der Waals surface area contributed by atoms with Gasteiger partial charge in [-0.05, 0) is 81.0 Å². The van der Waals surface area contributed by atoms with Crippen molar-refractivity contribution in [3.63, 3.8) is 0 Å². The first-order chi connectivity index (χ1) is 13.7. The van der Waals surface area contributed by atoms with Gasteiger partial charge in [-0.3, -0.25) is 0 Å². The van der Waals surface area contributed by atoms with Gasteiger partial charge in [0.1, 0.15) is 0 Å². The third-order valence-electron chi connectivity index (χ3n) is 6.08. The lowest BCUT2D eigenvalue weighted by Gasteiger charge is -2.43. The zero-order chi connectivity index (χ0) is 21.3. The summed E-state index contributed by atoms with van der Waals surface area (Å²) in [5.41, 5.74) is 7.04. The van der Waals surface area contributed by atoms with E-state index in [4.69, 9.17) is 4.74 Å². The molecule has 29 heavy (non-hydrogen) atoms. The summed E-state index contributed by atoms with van der Waals surface area (Å²) in [6.07, 6.45) is 1.17. The van der Waals surface area contributed by atoms with Gasteiger partial charge >= 0.3 is 5.97 Å². The van der Waals surface area contributed by atoms with Crippen LogP contribution in [-0.4, -0.2) is 32.2 Å². The maximum atomic E-state index is 11.9. The number of aryl methyl sites for hydroxylation is 1. The largest absolute Gasteiger partial charge is 0.462 e. The van der Waals surface area contributed by atoms with E-state index in [1.54, 1.807) is 0 Å². The van der Waals surface area contributed by atoms with Gasteiger partial charge in [0.2, 0.25) is 0 Å². The summed E-state index contributed by atoms with van der Waals surface area (Å²) in [5, 5.41) is 0. The van der Waals surface area contributed by atoms with Crippen LogP contribution >= 0.6 is 0 Å². The highest BCUT2D eigenvalue weighted by Crippen LogP contribution is 2.44. The monoisotopic (exact) mass is 394 g/mol. The van der Waals surface area contributed by atoms with E-state index in [2.05, 4.69) is 63.6 Å². The quantitative estimate of drug-likeness (QED) is 0.597. The Morgan fingerprint density at radius 2 is 1.86 bits per heavy atom. The predicted molar refractivity (Wildman–Crippen MR) is 122 cm³/mol. The molecular formula is C25H34N2O2. The third-order valence-corrected chi connectivity index (χ3v) is 6.08. The van der Waals surface area contributed by atoms with Crippen LogP contribution in [0.5, 0.6) is 0 Å². The fourth-order valence-electron chi connectivity index (χ4n) is 4.19. The number of hydrogen-bond acceptors (Lipinski definition) is 4. The number of fused-ring (bicyclic) bond motifs is 1. The van der Waals surface area contributed by atoms with Crippen molar-refractivity contribution >= 4 is 23.0 Å². The van der Waals surface area contributed by atoms with Crippen LogP contribution in [0.15, 0.2) is 36.4 Å². The molecule has 3 rings (SSSR count). The number of rotatable bonds is 5. The molecule has 0 atom stereocenters. The third kappa shape index (κ3) is 4.12. The second-order valence-corrected chi connectivity index (χ2v) is 8.90. The number of nitrogens with zero attached hydrogens (tertiary/aromatic N) is 2. The number of carbonyl (C=O) groups is 1. The number of anilines is 3. The van der Waals surface area contributed by atoms with Gasteiger partial charge in [0, 0.05) is 36.7 Å². The maximum absolute atomic E-state index is 11.9. The minimum Gasteiger partial charge on any atom is -0.462 e. The molecule has 2 aromatic carbocycles. The van der Waals surface area contributed by atoms with Crippen molar-refractivity contribution in [2.45, 2.75) is 59.4 Å². The maximum Gasteiger partial charge on any atom is 0.338 e. The van der Waals surface area contributed by atoms with Gasteiger partial charge < -0.3 is 14.5 Å². The fourth-order valence-corrected chi connectivity index (χ4v) is 4.19. The zero-order valence-corrected chi connectivity index (χ0v) is 18.9. The number of ether oxygens (including phenoxy) is 1. The molecule has 1 heterocycles. The van der Waals surface area contributed by atoms with Crippen molar-refractivity contribution in [3.05, 3.63) is 53.1 Å². The number of esters is 1. The molecule has 0 saturated heterocycles. The second kappa shape index (κ2) is 8.10. The van der Waals surface area contributed by atoms with Crippen molar-refractivity contribution in [1.29, 1.82) is 0 Å². The first kappa shape index (κ1) is 21.2. The van der Waals surface area contributed by atoms with Gasteiger partial charge in [0.25, 0.3) is 0 Å². The molecule has 2 aromatic rings. The topological polar surface area (TPSA) is 32.8 Å². The van der Waals surface area contributed by atoms with Crippen molar-refractivity contribution in [1.82, 2.24) is 0 Å². The second-order valence-electron chi connectivity index (χ2n) is 8.90. The van der Waals surface area contributed by atoms with E-state index in [0.717, 1.165) is 12.2 Å². The summed E-state index contributed by atoms with van der Waals surface area (Å²) in [6, 6.07) is 12.8. The molecule has 0 spiro atoms. The van der Waals surface area contributed by atoms with Crippen LogP contribution in [0.2, 0.25) is 0 Å². The number of carbonyl (C=O) groups excluding carboxylic acids is 1. The fraction of sp³-hybridized carbons (Fsp3) is 0.480. The first-order valence-electron chi connectivity index (χ1n) is 10.6. The van der Waals surface area contributed by atoms with E-state index in [-0.39, 0.29) is 11.4 Å². The molecule has 1 aliphatic rings. The minimum absolute atomic E-state index is 0.184. The molecule has 0 N–H and O–H groups in total. The highest BCUT2D eigenvalue weighted by molar-refractivity contribution is 5.90. The Labute approximate surface area is 175 Å². The van der Waals surface area contributed by atoms with Crippen LogP contribution in [0.4, 0.5) is 17.1 Å². The zero-order valence-electron chi connectivity index (χ0n) is 18.9. The molecule has 0 amide bonds. The normalized spacial score (nSPS) is 15.2. The smallest absolute Gasteiger partial charge is 0.338 e. The van der Waals surface area contributed by atoms with Gasteiger partial charge in [-0.2, -0.15) is 0 Å². The Hall–Kier alpha value is -2.49. The lowest BCUT2D eigenvalue weighted by Crippen LogP contribution is -2.41. The van der Waals surface area contributed by atoms with Crippen LogP contribution in [0.25, 0.3) is 0 Å². The summed E-state index contributed by atoms with van der Waals surface area (Å²) in [5.74, 6) is -0.276. The van der Waals surface area contributed by atoms with Crippen LogP contribution in [0.1, 0.15) is 62.5 Å². The first-order valence-corrected chi connectivity index (χ1v) is 10.6. The molecule has 0 bridgehead atoms. The molecule has 0 aromatic heterocycles. The Balaban J connectivity index is 1.98. The summed E-state index contributed by atoms with van der Waals surface area (Å²) in [4.78, 5) is 16.6. The number of benzene rings is 2. The predicted octanol–water partition coefficient (Wildman–Crippen LogP) is 5.84.